The lowest BCUT2D eigenvalue weighted by molar-refractivity contribution is -0.220. The van der Waals surface area contributed by atoms with Crippen LogP contribution in [0.25, 0.3) is 16.9 Å². The van der Waals surface area contributed by atoms with Gasteiger partial charge in [0.2, 0.25) is 5.91 Å². The lowest BCUT2D eigenvalue weighted by Gasteiger charge is -2.57. The van der Waals surface area contributed by atoms with Gasteiger partial charge in [-0.15, -0.1) is 5.10 Å². The third-order valence-corrected chi connectivity index (χ3v) is 13.3. The van der Waals surface area contributed by atoms with Crippen LogP contribution in [0.5, 0.6) is 0 Å². The van der Waals surface area contributed by atoms with Gasteiger partial charge in [-0.25, -0.2) is 23.1 Å². The Kier molecular flexibility index (Phi) is 10.8. The van der Waals surface area contributed by atoms with Crippen LogP contribution in [-0.2, 0) is 17.8 Å². The number of nitrogens with zero attached hydrogens (tertiary/aromatic N) is 8. The van der Waals surface area contributed by atoms with Crippen LogP contribution in [0, 0.1) is 18.3 Å². The van der Waals surface area contributed by atoms with Gasteiger partial charge in [-0.1, -0.05) is 50.5 Å². The molecule has 4 N–H and O–H groups in total. The lowest BCUT2D eigenvalue weighted by atomic mass is 9.69. The number of hydrogen-bond acceptors (Lipinski definition) is 10. The number of nitrogens with one attached hydrogen (secondary N) is 2. The number of carbonyl (C=O) groups excluding carboxylic acids is 4. The highest BCUT2D eigenvalue weighted by Gasteiger charge is 2.62. The van der Waals surface area contributed by atoms with E-state index < -0.39 is 35.7 Å². The SMILES string of the molecule is CC1CCC1.CNc1cc(N2CCc3c(-c4ccc(CN5CC6(CCN(C(=O)c7ccc(C)c(N8CCC(=O)NC8=O)c7)CC6(F)F)C5)cn4)cccc32)nn2c(C(N)=O)cnc12. The molecule has 5 aromatic rings. The molecule has 15 nitrogen and oxygen atoms in total. The van der Waals surface area contributed by atoms with Crippen molar-refractivity contribution in [2.24, 2.45) is 17.1 Å². The number of nitrogens with two attached hydrogens (primary N) is 1. The topological polar surface area (TPSA) is 174 Å². The van der Waals surface area contributed by atoms with Gasteiger partial charge < -0.3 is 20.9 Å². The Morgan fingerprint density at radius 1 is 0.937 bits per heavy atom. The van der Waals surface area contributed by atoms with Crippen molar-refractivity contribution < 1.29 is 28.0 Å². The van der Waals surface area contributed by atoms with Gasteiger partial charge in [-0.2, -0.15) is 0 Å². The molecule has 1 spiro atoms. The standard InChI is InChI=1S/C41H41F2N11O4.C5H10/c1-24-6-8-26(16-32(24)53-14-11-35(55)48-39(53)58)38(57)51-15-12-40(41(42,43)23-51)21-50(22-40)20-25-7-9-29(46-18-25)27-4-3-5-31-28(27)10-13-52(31)34-17-30(45-2)37-47-19-33(36(44)56)54(37)49-34;1-5-3-2-4-5/h3-9,16-19,45H,10-15,20-23H2,1-2H3,(H2,44,56)(H,48,55,58);5H,2-4H2,1H3. The first-order chi connectivity index (χ1) is 30.2. The normalized spacial score (nSPS) is 19.2. The number of piperidine rings is 1. The molecule has 17 heteroatoms. The number of amides is 5. The highest BCUT2D eigenvalue weighted by atomic mass is 19.3. The maximum absolute atomic E-state index is 15.9. The number of anilines is 4. The van der Waals surface area contributed by atoms with Gasteiger partial charge in [0.25, 0.3) is 17.7 Å². The molecule has 5 amide bonds. The van der Waals surface area contributed by atoms with E-state index in [2.05, 4.69) is 27.4 Å². The summed E-state index contributed by atoms with van der Waals surface area (Å²) in [6.45, 7) is 5.32. The van der Waals surface area contributed by atoms with E-state index in [1.165, 1.54) is 39.8 Å². The molecule has 7 heterocycles. The summed E-state index contributed by atoms with van der Waals surface area (Å²) in [5, 5.41) is 10.1. The molecule has 10 rings (SSSR count). The molecule has 0 radical (unpaired) electrons. The van der Waals surface area contributed by atoms with Crippen LogP contribution in [0.15, 0.2) is 67.0 Å². The minimum absolute atomic E-state index is 0.129. The van der Waals surface area contributed by atoms with Gasteiger partial charge in [0.1, 0.15) is 5.69 Å². The van der Waals surface area contributed by atoms with E-state index in [4.69, 9.17) is 15.8 Å². The fourth-order valence-electron chi connectivity index (χ4n) is 9.41. The number of benzene rings is 2. The van der Waals surface area contributed by atoms with Gasteiger partial charge in [0.15, 0.2) is 11.5 Å². The van der Waals surface area contributed by atoms with E-state index in [9.17, 15) is 19.2 Å². The third-order valence-electron chi connectivity index (χ3n) is 13.3. The summed E-state index contributed by atoms with van der Waals surface area (Å²) >= 11 is 0. The van der Waals surface area contributed by atoms with Crippen molar-refractivity contribution in [1.82, 2.24) is 34.7 Å². The maximum atomic E-state index is 15.9. The second-order valence-corrected chi connectivity index (χ2v) is 17.6. The van der Waals surface area contributed by atoms with Gasteiger partial charge in [0, 0.05) is 87.5 Å². The first kappa shape index (κ1) is 41.8. The summed E-state index contributed by atoms with van der Waals surface area (Å²) in [5.74, 6) is -2.90. The van der Waals surface area contributed by atoms with Crippen LogP contribution in [0.4, 0.5) is 36.5 Å². The van der Waals surface area contributed by atoms with Crippen molar-refractivity contribution in [3.63, 3.8) is 0 Å². The predicted octanol–water partition coefficient (Wildman–Crippen LogP) is 6.17. The van der Waals surface area contributed by atoms with Crippen LogP contribution >= 0.6 is 0 Å². The molecule has 63 heavy (non-hydrogen) atoms. The number of imidazole rings is 1. The number of imide groups is 1. The van der Waals surface area contributed by atoms with Gasteiger partial charge in [-0.05, 0) is 66.6 Å². The van der Waals surface area contributed by atoms with Gasteiger partial charge in [-0.3, -0.25) is 34.5 Å². The number of likely N-dealkylation sites (tertiary alicyclic amines) is 2. The lowest BCUT2D eigenvalue weighted by Crippen LogP contribution is -2.70. The number of fused-ring (bicyclic) bond motifs is 2. The van der Waals surface area contributed by atoms with E-state index in [-0.39, 0.29) is 56.2 Å². The van der Waals surface area contributed by atoms with E-state index in [0.717, 1.165) is 46.0 Å². The molecule has 2 aromatic carbocycles. The quantitative estimate of drug-likeness (QED) is 0.164. The first-order valence-corrected chi connectivity index (χ1v) is 21.6. The molecule has 1 saturated carbocycles. The zero-order valence-electron chi connectivity index (χ0n) is 35.7. The average molecular weight is 860 g/mol. The summed E-state index contributed by atoms with van der Waals surface area (Å²) in [6.07, 6.45) is 8.71. The molecule has 0 unspecified atom stereocenters. The number of primary amides is 1. The van der Waals surface area contributed by atoms with Crippen molar-refractivity contribution in [2.45, 2.75) is 64.8 Å². The van der Waals surface area contributed by atoms with Gasteiger partial charge >= 0.3 is 6.03 Å². The Morgan fingerprint density at radius 2 is 1.71 bits per heavy atom. The largest absolute Gasteiger partial charge is 0.385 e. The predicted molar refractivity (Wildman–Crippen MR) is 234 cm³/mol. The van der Waals surface area contributed by atoms with Crippen molar-refractivity contribution >= 4 is 52.3 Å². The van der Waals surface area contributed by atoms with Crippen LogP contribution in [0.3, 0.4) is 0 Å². The Bertz CT molecular complexity index is 2620. The number of rotatable bonds is 8. The Balaban J connectivity index is 0.000000943. The monoisotopic (exact) mass is 859 g/mol. The van der Waals surface area contributed by atoms with Crippen molar-refractivity contribution in [2.75, 3.05) is 61.4 Å². The summed E-state index contributed by atoms with van der Waals surface area (Å²) in [4.78, 5) is 65.5. The molecule has 4 fully saturated rings. The minimum atomic E-state index is -3.10. The maximum Gasteiger partial charge on any atom is 0.328 e. The zero-order valence-corrected chi connectivity index (χ0v) is 35.7. The number of urea groups is 1. The van der Waals surface area contributed by atoms with Crippen molar-refractivity contribution in [3.8, 4) is 11.3 Å². The van der Waals surface area contributed by atoms with E-state index in [1.807, 2.05) is 41.3 Å². The summed E-state index contributed by atoms with van der Waals surface area (Å²) < 4.78 is 33.3. The second kappa shape index (κ2) is 16.3. The van der Waals surface area contributed by atoms with E-state index in [1.54, 1.807) is 38.4 Å². The van der Waals surface area contributed by atoms with E-state index >= 15 is 8.78 Å². The molecule has 0 atom stereocenters. The zero-order chi connectivity index (χ0) is 44.2. The molecule has 5 aliphatic rings. The molecule has 4 aliphatic heterocycles. The number of pyridine rings is 1. The van der Waals surface area contributed by atoms with Crippen molar-refractivity contribution in [3.05, 3.63) is 94.9 Å². The summed E-state index contributed by atoms with van der Waals surface area (Å²) in [7, 11) is 1.78. The van der Waals surface area contributed by atoms with Crippen molar-refractivity contribution in [1.29, 1.82) is 0 Å². The molecule has 0 bridgehead atoms. The van der Waals surface area contributed by atoms with Crippen LogP contribution in [0.2, 0.25) is 0 Å². The molecule has 328 valence electrons. The Morgan fingerprint density at radius 3 is 2.38 bits per heavy atom. The number of aromatic nitrogens is 4. The smallest absolute Gasteiger partial charge is 0.328 e. The molecule has 3 saturated heterocycles. The van der Waals surface area contributed by atoms with Crippen LogP contribution in [-0.4, -0.2) is 105 Å². The number of aryl methyl sites for hydroxylation is 1. The Hall–Kier alpha value is -6.49. The van der Waals surface area contributed by atoms with E-state index in [0.29, 0.717) is 35.9 Å². The number of halogens is 2. The number of hydrogen-bond donors (Lipinski definition) is 3. The molecular formula is C46H51F2N11O4. The average Bonchev–Trinajstić information content (AvgIpc) is 3.88. The number of alkyl halides is 2. The second-order valence-electron chi connectivity index (χ2n) is 17.6. The molecule has 1 aliphatic carbocycles. The molecule has 3 aromatic heterocycles. The van der Waals surface area contributed by atoms with Crippen LogP contribution in [0.1, 0.15) is 76.6 Å². The van der Waals surface area contributed by atoms with Crippen LogP contribution < -0.4 is 26.2 Å². The van der Waals surface area contributed by atoms with Gasteiger partial charge in [0.05, 0.1) is 29.5 Å². The fraction of sp³-hybridized carbons (Fsp3) is 0.413. The number of carbonyl (C=O) groups is 4. The fourth-order valence-corrected chi connectivity index (χ4v) is 9.41. The highest BCUT2D eigenvalue weighted by molar-refractivity contribution is 6.06. The summed E-state index contributed by atoms with van der Waals surface area (Å²) in [5.41, 5.74) is 12.0. The Labute approximate surface area is 363 Å². The first-order valence-electron chi connectivity index (χ1n) is 21.6. The highest BCUT2D eigenvalue weighted by Crippen LogP contribution is 2.51. The minimum Gasteiger partial charge on any atom is -0.385 e. The third kappa shape index (κ3) is 7.72. The molecular weight excluding hydrogens is 809 g/mol. The summed E-state index contributed by atoms with van der Waals surface area (Å²) in [6, 6.07) is 16.1.